The van der Waals surface area contributed by atoms with Gasteiger partial charge in [0.25, 0.3) is 5.91 Å². The molecule has 0 spiro atoms. The number of hydrogen-bond donors (Lipinski definition) is 2. The molecule has 3 heterocycles. The molecular formula is C28H40N4O5. The van der Waals surface area contributed by atoms with E-state index in [1.165, 1.54) is 5.56 Å². The first kappa shape index (κ1) is 26.3. The summed E-state index contributed by atoms with van der Waals surface area (Å²) in [7, 11) is 1.74. The second-order valence-corrected chi connectivity index (χ2v) is 11.1. The maximum Gasteiger partial charge on any atom is 0.252 e. The SMILES string of the molecule is COCCN1CCC(c2ccc(C(=O)NC3(C(=O)N4C[C@@H](N)[C@H]5OCC(=O)[C@H]54)CCCCC3)cc2)CC1. The molecule has 3 N–H and O–H groups in total. The van der Waals surface area contributed by atoms with Crippen LogP contribution in [0.1, 0.15) is 66.8 Å². The van der Waals surface area contributed by atoms with Crippen LogP contribution in [-0.2, 0) is 19.1 Å². The minimum atomic E-state index is -1.01. The maximum atomic E-state index is 13.9. The zero-order valence-corrected chi connectivity index (χ0v) is 21.8. The Labute approximate surface area is 219 Å². The van der Waals surface area contributed by atoms with E-state index in [9.17, 15) is 14.4 Å². The molecule has 2 amide bonds. The highest BCUT2D eigenvalue weighted by atomic mass is 16.5. The van der Waals surface area contributed by atoms with Gasteiger partial charge in [-0.2, -0.15) is 0 Å². The molecule has 5 rings (SSSR count). The molecule has 0 bridgehead atoms. The van der Waals surface area contributed by atoms with Crippen LogP contribution >= 0.6 is 0 Å². The smallest absolute Gasteiger partial charge is 0.252 e. The summed E-state index contributed by atoms with van der Waals surface area (Å²) >= 11 is 0. The number of carbonyl (C=O) groups excluding carboxylic acids is 3. The van der Waals surface area contributed by atoms with Gasteiger partial charge in [-0.15, -0.1) is 0 Å². The predicted molar refractivity (Wildman–Crippen MR) is 138 cm³/mol. The number of Topliss-reactive ketones (excluding diaryl/α,β-unsaturated/α-hetero) is 1. The molecule has 3 saturated heterocycles. The summed E-state index contributed by atoms with van der Waals surface area (Å²) < 4.78 is 10.8. The highest BCUT2D eigenvalue weighted by molar-refractivity contribution is 6.01. The average Bonchev–Trinajstić information content (AvgIpc) is 3.48. The van der Waals surface area contributed by atoms with Gasteiger partial charge in [0, 0.05) is 25.8 Å². The number of rotatable bonds is 7. The van der Waals surface area contributed by atoms with Crippen molar-refractivity contribution in [2.75, 3.05) is 46.5 Å². The molecular weight excluding hydrogens is 472 g/mol. The summed E-state index contributed by atoms with van der Waals surface area (Å²) in [5, 5.41) is 3.12. The number of benzene rings is 1. The third kappa shape index (κ3) is 5.32. The van der Waals surface area contributed by atoms with Crippen LogP contribution in [0.3, 0.4) is 0 Å². The van der Waals surface area contributed by atoms with Crippen LogP contribution in [0.25, 0.3) is 0 Å². The van der Waals surface area contributed by atoms with Crippen molar-refractivity contribution >= 4 is 17.6 Å². The van der Waals surface area contributed by atoms with E-state index in [1.54, 1.807) is 12.0 Å². The Morgan fingerprint density at radius 3 is 2.51 bits per heavy atom. The number of nitrogens with one attached hydrogen (secondary N) is 1. The van der Waals surface area contributed by atoms with Crippen LogP contribution in [-0.4, -0.2) is 97.6 Å². The van der Waals surface area contributed by atoms with E-state index in [1.807, 2.05) is 12.1 Å². The van der Waals surface area contributed by atoms with E-state index >= 15 is 0 Å². The van der Waals surface area contributed by atoms with Gasteiger partial charge < -0.3 is 30.3 Å². The number of likely N-dealkylation sites (tertiary alicyclic amines) is 2. The zero-order valence-electron chi connectivity index (χ0n) is 21.8. The maximum absolute atomic E-state index is 13.9. The van der Waals surface area contributed by atoms with E-state index in [0.29, 0.717) is 24.3 Å². The Morgan fingerprint density at radius 1 is 1.14 bits per heavy atom. The highest BCUT2D eigenvalue weighted by Gasteiger charge is 2.55. The van der Waals surface area contributed by atoms with Crippen LogP contribution in [0.15, 0.2) is 24.3 Å². The minimum absolute atomic E-state index is 0.00922. The van der Waals surface area contributed by atoms with E-state index < -0.39 is 23.7 Å². The molecule has 9 nitrogen and oxygen atoms in total. The van der Waals surface area contributed by atoms with E-state index in [4.69, 9.17) is 15.2 Å². The molecule has 0 radical (unpaired) electrons. The third-order valence-corrected chi connectivity index (χ3v) is 8.80. The third-order valence-electron chi connectivity index (χ3n) is 8.80. The van der Waals surface area contributed by atoms with Gasteiger partial charge in [-0.3, -0.25) is 14.4 Å². The number of nitrogens with two attached hydrogens (primary N) is 1. The molecule has 1 aromatic carbocycles. The van der Waals surface area contributed by atoms with Crippen molar-refractivity contribution in [2.45, 2.75) is 74.6 Å². The Bertz CT molecular complexity index is 985. The summed E-state index contributed by atoms with van der Waals surface area (Å²) in [5.74, 6) is -0.0613. The first-order chi connectivity index (χ1) is 17.9. The van der Waals surface area contributed by atoms with Crippen LogP contribution in [0.2, 0.25) is 0 Å². The van der Waals surface area contributed by atoms with Crippen molar-refractivity contribution in [3.05, 3.63) is 35.4 Å². The van der Waals surface area contributed by atoms with Gasteiger partial charge in [0.05, 0.1) is 12.6 Å². The van der Waals surface area contributed by atoms with Gasteiger partial charge in [0.15, 0.2) is 5.78 Å². The first-order valence-electron chi connectivity index (χ1n) is 13.8. The van der Waals surface area contributed by atoms with Crippen molar-refractivity contribution in [3.8, 4) is 0 Å². The molecule has 4 aliphatic rings. The number of hydrogen-bond acceptors (Lipinski definition) is 7. The summed E-state index contributed by atoms with van der Waals surface area (Å²) in [6, 6.07) is 6.82. The fourth-order valence-corrected chi connectivity index (χ4v) is 6.63. The molecule has 0 unspecified atom stereocenters. The summed E-state index contributed by atoms with van der Waals surface area (Å²) in [4.78, 5) is 43.8. The second-order valence-electron chi connectivity index (χ2n) is 11.1. The van der Waals surface area contributed by atoms with Crippen molar-refractivity contribution in [3.63, 3.8) is 0 Å². The quantitative estimate of drug-likeness (QED) is 0.568. The van der Waals surface area contributed by atoms with Crippen LogP contribution < -0.4 is 11.1 Å². The summed E-state index contributed by atoms with van der Waals surface area (Å²) in [6.45, 7) is 4.09. The Hall–Kier alpha value is -2.33. The van der Waals surface area contributed by atoms with Crippen molar-refractivity contribution in [1.29, 1.82) is 0 Å². The van der Waals surface area contributed by atoms with E-state index in [2.05, 4.69) is 22.3 Å². The standard InChI is InChI=1S/C28H40N4O5/c1-36-16-15-31-13-9-20(10-14-31)19-5-7-21(8-6-19)26(34)30-28(11-3-2-4-12-28)27(35)32-17-22(29)25-24(32)23(33)18-37-25/h5-8,20,22,24-25H,2-4,9-18,29H2,1H3,(H,30,34)/t22-,24-,25-/m1/s1. The minimum Gasteiger partial charge on any atom is -0.383 e. The predicted octanol–water partition coefficient (Wildman–Crippen LogP) is 1.45. The zero-order chi connectivity index (χ0) is 26.0. The van der Waals surface area contributed by atoms with Gasteiger partial charge in [-0.1, -0.05) is 31.4 Å². The van der Waals surface area contributed by atoms with Crippen molar-refractivity contribution in [2.24, 2.45) is 5.73 Å². The molecule has 1 saturated carbocycles. The first-order valence-corrected chi connectivity index (χ1v) is 13.8. The molecule has 202 valence electrons. The molecule has 1 aliphatic carbocycles. The number of fused-ring (bicyclic) bond motifs is 1. The lowest BCUT2D eigenvalue weighted by molar-refractivity contribution is -0.143. The normalized spacial score (nSPS) is 28.3. The largest absolute Gasteiger partial charge is 0.383 e. The average molecular weight is 513 g/mol. The number of methoxy groups -OCH3 is 1. The van der Waals surface area contributed by atoms with E-state index in [0.717, 1.165) is 58.3 Å². The monoisotopic (exact) mass is 512 g/mol. The summed E-state index contributed by atoms with van der Waals surface area (Å²) in [6.07, 6.45) is 5.60. The van der Waals surface area contributed by atoms with Gasteiger partial charge in [-0.05, 0) is 62.4 Å². The lowest BCUT2D eigenvalue weighted by Crippen LogP contribution is -2.62. The Morgan fingerprint density at radius 2 is 1.84 bits per heavy atom. The highest BCUT2D eigenvalue weighted by Crippen LogP contribution is 2.35. The van der Waals surface area contributed by atoms with Gasteiger partial charge in [0.1, 0.15) is 24.3 Å². The number of piperidine rings is 1. The number of amides is 2. The van der Waals surface area contributed by atoms with Gasteiger partial charge in [0.2, 0.25) is 5.91 Å². The van der Waals surface area contributed by atoms with E-state index in [-0.39, 0.29) is 30.7 Å². The Balaban J connectivity index is 1.26. The number of ether oxygens (including phenoxy) is 2. The molecule has 3 atom stereocenters. The topological polar surface area (TPSA) is 114 Å². The lowest BCUT2D eigenvalue weighted by atomic mass is 9.80. The number of carbonyl (C=O) groups is 3. The fraction of sp³-hybridized carbons (Fsp3) is 0.679. The van der Waals surface area contributed by atoms with Gasteiger partial charge in [-0.25, -0.2) is 0 Å². The summed E-state index contributed by atoms with van der Waals surface area (Å²) in [5.41, 5.74) is 7.00. The fourth-order valence-electron chi connectivity index (χ4n) is 6.63. The van der Waals surface area contributed by atoms with Crippen LogP contribution in [0.4, 0.5) is 0 Å². The second kappa shape index (κ2) is 11.2. The molecule has 1 aromatic rings. The van der Waals surface area contributed by atoms with Crippen molar-refractivity contribution < 1.29 is 23.9 Å². The van der Waals surface area contributed by atoms with Crippen molar-refractivity contribution in [1.82, 2.24) is 15.1 Å². The number of nitrogens with zero attached hydrogens (tertiary/aromatic N) is 2. The lowest BCUT2D eigenvalue weighted by Gasteiger charge is -2.40. The number of ketones is 1. The van der Waals surface area contributed by atoms with Crippen LogP contribution in [0.5, 0.6) is 0 Å². The molecule has 4 fully saturated rings. The Kier molecular flexibility index (Phi) is 7.95. The van der Waals surface area contributed by atoms with Gasteiger partial charge >= 0.3 is 0 Å². The molecule has 37 heavy (non-hydrogen) atoms. The molecule has 3 aliphatic heterocycles. The molecule has 0 aromatic heterocycles. The van der Waals surface area contributed by atoms with Crippen LogP contribution in [0, 0.1) is 0 Å². The molecule has 9 heteroatoms.